The molecule has 78 valence electrons. The number of hydrogen-bond acceptors (Lipinski definition) is 5. The van der Waals surface area contributed by atoms with Gasteiger partial charge in [-0.15, -0.1) is 0 Å². The average molecular weight is 239 g/mol. The third-order valence-corrected chi connectivity index (χ3v) is 5.55. The highest BCUT2D eigenvalue weighted by Crippen LogP contribution is 2.24. The molecule has 0 spiro atoms. The maximum absolute atomic E-state index is 5.29. The minimum Gasteiger partial charge on any atom is -0.379 e. The van der Waals surface area contributed by atoms with E-state index in [2.05, 4.69) is 11.2 Å². The van der Waals surface area contributed by atoms with Gasteiger partial charge in [-0.3, -0.25) is 4.90 Å². The van der Waals surface area contributed by atoms with E-state index in [1.165, 1.54) is 17.4 Å². The normalized spacial score (nSPS) is 19.2. The Morgan fingerprint density at radius 3 is 2.69 bits per heavy atom. The van der Waals surface area contributed by atoms with Crippen molar-refractivity contribution in [1.29, 1.82) is 0 Å². The average Bonchev–Trinajstić information content (AvgIpc) is 2.19. The zero-order valence-electron chi connectivity index (χ0n) is 8.03. The van der Waals surface area contributed by atoms with Crippen LogP contribution in [0.4, 0.5) is 0 Å². The van der Waals surface area contributed by atoms with E-state index < -0.39 is 0 Å². The molecule has 1 heterocycles. The van der Waals surface area contributed by atoms with E-state index in [-0.39, 0.29) is 0 Å². The van der Waals surface area contributed by atoms with Crippen LogP contribution in [0.15, 0.2) is 0 Å². The Balaban J connectivity index is 1.86. The van der Waals surface area contributed by atoms with E-state index in [0.29, 0.717) is 0 Å². The lowest BCUT2D eigenvalue weighted by Gasteiger charge is -2.26. The molecule has 0 atom stereocenters. The van der Waals surface area contributed by atoms with E-state index in [4.69, 9.17) is 4.74 Å². The van der Waals surface area contributed by atoms with Crippen molar-refractivity contribution in [3.05, 3.63) is 0 Å². The Morgan fingerprint density at radius 1 is 1.23 bits per heavy atom. The fraction of sp³-hybridized carbons (Fsp3) is 1.00. The molecule has 5 heteroatoms. The van der Waals surface area contributed by atoms with Crippen molar-refractivity contribution in [3.63, 3.8) is 0 Å². The van der Waals surface area contributed by atoms with Gasteiger partial charge in [-0.1, -0.05) is 21.6 Å². The molecular weight excluding hydrogens is 222 g/mol. The zero-order valence-corrected chi connectivity index (χ0v) is 10.5. The summed E-state index contributed by atoms with van der Waals surface area (Å²) < 4.78 is 5.29. The molecule has 0 amide bonds. The van der Waals surface area contributed by atoms with Crippen LogP contribution >= 0.6 is 33.3 Å². The molecule has 0 bridgehead atoms. The number of nitrogens with zero attached hydrogens (tertiary/aromatic N) is 1. The van der Waals surface area contributed by atoms with Gasteiger partial charge in [0, 0.05) is 30.5 Å². The van der Waals surface area contributed by atoms with E-state index in [1.807, 2.05) is 33.3 Å². The van der Waals surface area contributed by atoms with E-state index in [0.717, 1.165) is 26.3 Å². The molecule has 0 aliphatic carbocycles. The number of ether oxygens (including phenoxy) is 1. The molecule has 13 heavy (non-hydrogen) atoms. The van der Waals surface area contributed by atoms with Crippen molar-refractivity contribution < 1.29 is 4.74 Å². The second kappa shape index (κ2) is 8.29. The number of rotatable bonds is 6. The molecule has 2 nitrogen and oxygen atoms in total. The molecule has 1 aliphatic rings. The summed E-state index contributed by atoms with van der Waals surface area (Å²) >= 11 is 1.90. The molecular formula is C8H17NOS3. The Hall–Kier alpha value is 0.970. The van der Waals surface area contributed by atoms with Gasteiger partial charge in [0.05, 0.1) is 13.2 Å². The number of thioether (sulfide) groups is 1. The molecule has 1 aliphatic heterocycles. The summed E-state index contributed by atoms with van der Waals surface area (Å²) in [4.78, 5) is 2.48. The van der Waals surface area contributed by atoms with Crippen LogP contribution in [-0.4, -0.2) is 54.8 Å². The van der Waals surface area contributed by atoms with Crippen molar-refractivity contribution in [2.45, 2.75) is 0 Å². The van der Waals surface area contributed by atoms with Gasteiger partial charge in [0.25, 0.3) is 0 Å². The molecule has 0 N–H and O–H groups in total. The van der Waals surface area contributed by atoms with Crippen LogP contribution in [0.3, 0.4) is 0 Å². The SMILES string of the molecule is CSCSSCCN1CCOCC1. The predicted octanol–water partition coefficient (Wildman–Crippen LogP) is 2.02. The first-order chi connectivity index (χ1) is 6.43. The number of hydrogen-bond donors (Lipinski definition) is 0. The molecule has 0 radical (unpaired) electrons. The lowest BCUT2D eigenvalue weighted by Crippen LogP contribution is -2.37. The van der Waals surface area contributed by atoms with Crippen molar-refractivity contribution in [1.82, 2.24) is 4.90 Å². The molecule has 0 unspecified atom stereocenters. The minimum atomic E-state index is 0.919. The lowest BCUT2D eigenvalue weighted by atomic mass is 10.4. The Labute approximate surface area is 92.9 Å². The van der Waals surface area contributed by atoms with E-state index >= 15 is 0 Å². The predicted molar refractivity (Wildman–Crippen MR) is 65.7 cm³/mol. The molecule has 0 aromatic heterocycles. The minimum absolute atomic E-state index is 0.919. The maximum atomic E-state index is 5.29. The van der Waals surface area contributed by atoms with Gasteiger partial charge in [0.15, 0.2) is 0 Å². The van der Waals surface area contributed by atoms with Crippen LogP contribution in [0.5, 0.6) is 0 Å². The van der Waals surface area contributed by atoms with Gasteiger partial charge in [-0.25, -0.2) is 0 Å². The summed E-state index contributed by atoms with van der Waals surface area (Å²) in [6.45, 7) is 5.29. The molecule has 1 fully saturated rings. The molecule has 0 aromatic carbocycles. The fourth-order valence-corrected chi connectivity index (χ4v) is 4.30. The smallest absolute Gasteiger partial charge is 0.0594 e. The monoisotopic (exact) mass is 239 g/mol. The van der Waals surface area contributed by atoms with Crippen molar-refractivity contribution >= 4 is 33.3 Å². The Morgan fingerprint density at radius 2 is 2.00 bits per heavy atom. The van der Waals surface area contributed by atoms with Crippen molar-refractivity contribution in [2.24, 2.45) is 0 Å². The van der Waals surface area contributed by atoms with Gasteiger partial charge in [0.1, 0.15) is 0 Å². The van der Waals surface area contributed by atoms with Crippen LogP contribution in [0.25, 0.3) is 0 Å². The third kappa shape index (κ3) is 6.12. The maximum Gasteiger partial charge on any atom is 0.0594 e. The molecule has 0 saturated carbocycles. The topological polar surface area (TPSA) is 12.5 Å². The third-order valence-electron chi connectivity index (χ3n) is 1.84. The first kappa shape index (κ1) is 12.0. The van der Waals surface area contributed by atoms with Gasteiger partial charge >= 0.3 is 0 Å². The molecule has 0 aromatic rings. The van der Waals surface area contributed by atoms with Crippen molar-refractivity contribution in [3.8, 4) is 0 Å². The van der Waals surface area contributed by atoms with E-state index in [1.54, 1.807) is 0 Å². The summed E-state index contributed by atoms with van der Waals surface area (Å²) in [6, 6.07) is 0. The first-order valence-corrected chi connectivity index (χ1v) is 8.35. The lowest BCUT2D eigenvalue weighted by molar-refractivity contribution is 0.0410. The van der Waals surface area contributed by atoms with Crippen LogP contribution < -0.4 is 0 Å². The second-order valence-corrected chi connectivity index (χ2v) is 6.61. The van der Waals surface area contributed by atoms with Crippen molar-refractivity contribution in [2.75, 3.05) is 49.9 Å². The van der Waals surface area contributed by atoms with Crippen LogP contribution in [-0.2, 0) is 4.74 Å². The summed E-state index contributed by atoms with van der Waals surface area (Å²) in [6.07, 6.45) is 2.15. The Kier molecular flexibility index (Phi) is 7.68. The highest BCUT2D eigenvalue weighted by atomic mass is 33.1. The van der Waals surface area contributed by atoms with Gasteiger partial charge in [-0.2, -0.15) is 11.8 Å². The van der Waals surface area contributed by atoms with Gasteiger partial charge in [-0.05, 0) is 6.26 Å². The quantitative estimate of drug-likeness (QED) is 0.398. The number of morpholine rings is 1. The summed E-state index contributed by atoms with van der Waals surface area (Å²) in [7, 11) is 3.95. The van der Waals surface area contributed by atoms with Crippen LogP contribution in [0.1, 0.15) is 0 Å². The first-order valence-electron chi connectivity index (χ1n) is 4.47. The summed E-state index contributed by atoms with van der Waals surface area (Å²) in [5, 5.41) is 1.20. The summed E-state index contributed by atoms with van der Waals surface area (Å²) in [5.74, 6) is 1.24. The van der Waals surface area contributed by atoms with E-state index in [9.17, 15) is 0 Å². The highest BCUT2D eigenvalue weighted by Gasteiger charge is 2.08. The van der Waals surface area contributed by atoms with Crippen LogP contribution in [0, 0.1) is 0 Å². The largest absolute Gasteiger partial charge is 0.379 e. The molecule has 1 saturated heterocycles. The van der Waals surface area contributed by atoms with Gasteiger partial charge in [0.2, 0.25) is 0 Å². The fourth-order valence-electron chi connectivity index (χ4n) is 1.13. The van der Waals surface area contributed by atoms with Crippen LogP contribution in [0.2, 0.25) is 0 Å². The standard InChI is InChI=1S/C8H17NOS3/c1-11-8-13-12-7-4-9-2-5-10-6-3-9/h2-8H2,1H3. The van der Waals surface area contributed by atoms with Gasteiger partial charge < -0.3 is 4.74 Å². The summed E-state index contributed by atoms with van der Waals surface area (Å²) in [5.41, 5.74) is 0. The molecule has 1 rings (SSSR count). The second-order valence-electron chi connectivity index (χ2n) is 2.80. The zero-order chi connectivity index (χ0) is 9.36. The Bertz CT molecular complexity index is 120. The highest BCUT2D eigenvalue weighted by molar-refractivity contribution is 8.78.